The van der Waals surface area contributed by atoms with Gasteiger partial charge < -0.3 is 4.74 Å². The van der Waals surface area contributed by atoms with Gasteiger partial charge in [-0.1, -0.05) is 6.07 Å². The van der Waals surface area contributed by atoms with Crippen LogP contribution in [-0.2, 0) is 16.6 Å². The molecule has 0 radical (unpaired) electrons. The lowest BCUT2D eigenvalue weighted by molar-refractivity contribution is -0.129. The summed E-state index contributed by atoms with van der Waals surface area (Å²) in [5.74, 6) is -0.0626. The van der Waals surface area contributed by atoms with E-state index in [4.69, 9.17) is 4.74 Å². The highest BCUT2D eigenvalue weighted by Crippen LogP contribution is 2.21. The van der Waals surface area contributed by atoms with E-state index in [2.05, 4.69) is 10.1 Å². The molecule has 6 heteroatoms. The second kappa shape index (κ2) is 4.23. The highest BCUT2D eigenvalue weighted by Gasteiger charge is 2.24. The summed E-state index contributed by atoms with van der Waals surface area (Å²) in [7, 11) is 1.81. The van der Waals surface area contributed by atoms with Crippen LogP contribution < -0.4 is 0 Å². The number of carbonyl (C=O) groups excluding carboxylic acids is 1. The Hall–Kier alpha value is -2.21. The number of nitrogens with zero attached hydrogens (tertiary/aromatic N) is 3. The molecule has 0 aliphatic carbocycles. The molecule has 0 bridgehead atoms. The molecule has 0 fully saturated rings. The van der Waals surface area contributed by atoms with Crippen LogP contribution in [0.1, 0.15) is 10.4 Å². The molecule has 0 saturated carbocycles. The Morgan fingerprint density at radius 2 is 2.39 bits per heavy atom. The Morgan fingerprint density at radius 3 is 3.06 bits per heavy atom. The highest BCUT2D eigenvalue weighted by atomic mass is 32.1. The van der Waals surface area contributed by atoms with Crippen LogP contribution in [0.3, 0.4) is 0 Å². The molecule has 3 heterocycles. The first kappa shape index (κ1) is 10.9. The average Bonchev–Trinajstić information content (AvgIpc) is 3.02. The molecular formula is C12H9N3O2S. The lowest BCUT2D eigenvalue weighted by atomic mass is 10.3. The van der Waals surface area contributed by atoms with Gasteiger partial charge in [0.15, 0.2) is 5.70 Å². The van der Waals surface area contributed by atoms with Crippen molar-refractivity contribution in [1.29, 1.82) is 0 Å². The van der Waals surface area contributed by atoms with Gasteiger partial charge in [-0.2, -0.15) is 5.10 Å². The van der Waals surface area contributed by atoms with Gasteiger partial charge in [-0.15, -0.1) is 11.3 Å². The number of ether oxygens (including phenoxy) is 1. The largest absolute Gasteiger partial charge is 0.401 e. The lowest BCUT2D eigenvalue weighted by Gasteiger charge is -1.92. The third-order valence-electron chi connectivity index (χ3n) is 2.38. The zero-order chi connectivity index (χ0) is 12.5. The number of hydrogen-bond donors (Lipinski definition) is 0. The van der Waals surface area contributed by atoms with Crippen molar-refractivity contribution < 1.29 is 9.53 Å². The van der Waals surface area contributed by atoms with Crippen molar-refractivity contribution in [3.63, 3.8) is 0 Å². The molecule has 0 saturated heterocycles. The summed E-state index contributed by atoms with van der Waals surface area (Å²) in [5.41, 5.74) is 1.12. The molecule has 0 amide bonds. The molecule has 5 nitrogen and oxygen atoms in total. The number of cyclic esters (lactones) is 1. The van der Waals surface area contributed by atoms with Gasteiger partial charge in [0, 0.05) is 18.8 Å². The van der Waals surface area contributed by atoms with Crippen molar-refractivity contribution in [2.75, 3.05) is 0 Å². The molecule has 1 aliphatic rings. The molecule has 2 aromatic rings. The third-order valence-corrected chi connectivity index (χ3v) is 3.24. The van der Waals surface area contributed by atoms with Crippen molar-refractivity contribution in [2.45, 2.75) is 0 Å². The van der Waals surface area contributed by atoms with Gasteiger partial charge in [0.05, 0.1) is 11.1 Å². The summed E-state index contributed by atoms with van der Waals surface area (Å²) >= 11 is 1.48. The predicted octanol–water partition coefficient (Wildman–Crippen LogP) is 1.83. The van der Waals surface area contributed by atoms with Crippen LogP contribution in [0, 0.1) is 0 Å². The summed E-state index contributed by atoms with van der Waals surface area (Å²) in [5, 5.41) is 5.94. The van der Waals surface area contributed by atoms with Gasteiger partial charge >= 0.3 is 5.97 Å². The van der Waals surface area contributed by atoms with E-state index in [9.17, 15) is 4.79 Å². The van der Waals surface area contributed by atoms with Crippen LogP contribution in [0.15, 0.2) is 40.6 Å². The number of aliphatic imine (C=N–C) groups is 1. The Balaban J connectivity index is 1.94. The molecule has 0 aromatic carbocycles. The van der Waals surface area contributed by atoms with Crippen LogP contribution in [0.4, 0.5) is 0 Å². The van der Waals surface area contributed by atoms with Gasteiger partial charge in [0.1, 0.15) is 0 Å². The topological polar surface area (TPSA) is 56.5 Å². The SMILES string of the molecule is Cn1cc(/C=C2\N=C(c3cccs3)OC2=O)cn1. The van der Waals surface area contributed by atoms with Crippen LogP contribution >= 0.6 is 11.3 Å². The quantitative estimate of drug-likeness (QED) is 0.610. The molecular weight excluding hydrogens is 250 g/mol. The van der Waals surface area contributed by atoms with Crippen molar-refractivity contribution in [2.24, 2.45) is 12.0 Å². The molecule has 1 aliphatic heterocycles. The first-order chi connectivity index (χ1) is 8.72. The average molecular weight is 259 g/mol. The minimum Gasteiger partial charge on any atom is -0.401 e. The number of aryl methyl sites for hydroxylation is 1. The number of thiophene rings is 1. The Labute approximate surface area is 107 Å². The Morgan fingerprint density at radius 1 is 1.50 bits per heavy atom. The minimum atomic E-state index is -0.428. The van der Waals surface area contributed by atoms with E-state index in [1.54, 1.807) is 23.2 Å². The summed E-state index contributed by atoms with van der Waals surface area (Å²) in [6, 6.07) is 3.75. The molecule has 0 unspecified atom stereocenters. The van der Waals surface area contributed by atoms with Gasteiger partial charge in [-0.05, 0) is 17.5 Å². The molecule has 0 spiro atoms. The summed E-state index contributed by atoms with van der Waals surface area (Å²) in [6.45, 7) is 0. The molecule has 18 heavy (non-hydrogen) atoms. The molecule has 0 atom stereocenters. The molecule has 90 valence electrons. The summed E-state index contributed by atoms with van der Waals surface area (Å²) in [4.78, 5) is 16.7. The number of carbonyl (C=O) groups is 1. The van der Waals surface area contributed by atoms with Crippen LogP contribution in [0.2, 0.25) is 0 Å². The van der Waals surface area contributed by atoms with Gasteiger partial charge in [0.2, 0.25) is 5.90 Å². The first-order valence-corrected chi connectivity index (χ1v) is 6.15. The van der Waals surface area contributed by atoms with Crippen molar-refractivity contribution in [3.05, 3.63) is 46.0 Å². The van der Waals surface area contributed by atoms with Gasteiger partial charge in [-0.3, -0.25) is 4.68 Å². The maximum atomic E-state index is 11.7. The maximum absolute atomic E-state index is 11.7. The number of esters is 1. The number of aromatic nitrogens is 2. The van der Waals surface area contributed by atoms with Crippen molar-refractivity contribution >= 4 is 29.3 Å². The van der Waals surface area contributed by atoms with Crippen LogP contribution in [-0.4, -0.2) is 21.6 Å². The van der Waals surface area contributed by atoms with E-state index in [1.165, 1.54) is 11.3 Å². The molecule has 0 N–H and O–H groups in total. The minimum absolute atomic E-state index is 0.298. The lowest BCUT2D eigenvalue weighted by Crippen LogP contribution is -2.03. The van der Waals surface area contributed by atoms with E-state index in [0.717, 1.165) is 10.4 Å². The zero-order valence-corrected chi connectivity index (χ0v) is 10.3. The fraction of sp³-hybridized carbons (Fsp3) is 0.0833. The maximum Gasteiger partial charge on any atom is 0.363 e. The Kier molecular flexibility index (Phi) is 2.56. The third kappa shape index (κ3) is 1.98. The van der Waals surface area contributed by atoms with E-state index in [0.29, 0.717) is 11.6 Å². The predicted molar refractivity (Wildman–Crippen MR) is 68.1 cm³/mol. The van der Waals surface area contributed by atoms with Crippen molar-refractivity contribution in [1.82, 2.24) is 9.78 Å². The normalized spacial score (nSPS) is 17.1. The highest BCUT2D eigenvalue weighted by molar-refractivity contribution is 7.12. The van der Waals surface area contributed by atoms with Crippen LogP contribution in [0.5, 0.6) is 0 Å². The van der Waals surface area contributed by atoms with E-state index < -0.39 is 5.97 Å². The first-order valence-electron chi connectivity index (χ1n) is 5.27. The standard InChI is InChI=1S/C12H9N3O2S/c1-15-7-8(6-13-15)5-9-12(16)17-11(14-9)10-3-2-4-18-10/h2-7H,1H3/b9-5-. The second-order valence-electron chi connectivity index (χ2n) is 3.76. The smallest absolute Gasteiger partial charge is 0.363 e. The van der Waals surface area contributed by atoms with Gasteiger partial charge in [-0.25, -0.2) is 9.79 Å². The Bertz CT molecular complexity index is 653. The summed E-state index contributed by atoms with van der Waals surface area (Å²) < 4.78 is 6.79. The second-order valence-corrected chi connectivity index (χ2v) is 4.71. The van der Waals surface area contributed by atoms with Gasteiger partial charge in [0.25, 0.3) is 0 Å². The summed E-state index contributed by atoms with van der Waals surface area (Å²) in [6.07, 6.45) is 5.13. The van der Waals surface area contributed by atoms with E-state index >= 15 is 0 Å². The number of rotatable bonds is 2. The van der Waals surface area contributed by atoms with E-state index in [1.807, 2.05) is 24.6 Å². The van der Waals surface area contributed by atoms with Crippen LogP contribution in [0.25, 0.3) is 6.08 Å². The monoisotopic (exact) mass is 259 g/mol. The fourth-order valence-corrected chi connectivity index (χ4v) is 2.24. The zero-order valence-electron chi connectivity index (χ0n) is 9.53. The molecule has 3 rings (SSSR count). The van der Waals surface area contributed by atoms with E-state index in [-0.39, 0.29) is 0 Å². The fourth-order valence-electron chi connectivity index (χ4n) is 1.59. The van der Waals surface area contributed by atoms with Crippen molar-refractivity contribution in [3.8, 4) is 0 Å². The number of hydrogen-bond acceptors (Lipinski definition) is 5. The molecule has 2 aromatic heterocycles.